The van der Waals surface area contributed by atoms with Crippen molar-refractivity contribution in [2.75, 3.05) is 19.6 Å². The fourth-order valence-electron chi connectivity index (χ4n) is 3.44. The highest BCUT2D eigenvalue weighted by molar-refractivity contribution is 4.84. The molecular formula is C14H28N2. The van der Waals surface area contributed by atoms with Crippen LogP contribution in [0.1, 0.15) is 52.4 Å². The molecule has 0 amide bonds. The summed E-state index contributed by atoms with van der Waals surface area (Å²) in [6.45, 7) is 8.48. The maximum atomic E-state index is 3.82. The summed E-state index contributed by atoms with van der Waals surface area (Å²) < 4.78 is 0. The minimum absolute atomic E-state index is 0.806. The number of likely N-dealkylation sites (tertiary alicyclic amines) is 1. The third kappa shape index (κ3) is 2.98. The minimum atomic E-state index is 0.806. The monoisotopic (exact) mass is 224 g/mol. The second-order valence-corrected chi connectivity index (χ2v) is 5.70. The van der Waals surface area contributed by atoms with Gasteiger partial charge in [-0.1, -0.05) is 26.7 Å². The predicted octanol–water partition coefficient (Wildman–Crippen LogP) is 2.64. The van der Waals surface area contributed by atoms with Gasteiger partial charge in [0, 0.05) is 18.6 Å². The Bertz CT molecular complexity index is 205. The van der Waals surface area contributed by atoms with Crippen molar-refractivity contribution >= 4 is 0 Å². The van der Waals surface area contributed by atoms with E-state index in [1.165, 1.54) is 58.2 Å². The molecule has 1 saturated carbocycles. The number of piperidine rings is 1. The van der Waals surface area contributed by atoms with Crippen molar-refractivity contribution in [3.05, 3.63) is 0 Å². The lowest BCUT2D eigenvalue weighted by molar-refractivity contribution is 0.148. The average Bonchev–Trinajstić information content (AvgIpc) is 2.72. The molecule has 2 nitrogen and oxygen atoms in total. The standard InChI is InChI=1S/C14H28N2/c1-3-16-10-5-4-8-13(16)11-15-14-9-6-7-12(14)2/h12-15H,3-11H2,1-2H3. The highest BCUT2D eigenvalue weighted by Gasteiger charge is 2.26. The molecule has 0 bridgehead atoms. The molecule has 2 fully saturated rings. The Labute approximate surface area is 101 Å². The second-order valence-electron chi connectivity index (χ2n) is 5.70. The molecule has 0 radical (unpaired) electrons. The molecule has 16 heavy (non-hydrogen) atoms. The zero-order chi connectivity index (χ0) is 11.4. The predicted molar refractivity (Wildman–Crippen MR) is 69.7 cm³/mol. The molecule has 1 saturated heterocycles. The molecule has 0 aromatic rings. The van der Waals surface area contributed by atoms with E-state index in [1.807, 2.05) is 0 Å². The average molecular weight is 224 g/mol. The van der Waals surface area contributed by atoms with E-state index in [0.29, 0.717) is 0 Å². The van der Waals surface area contributed by atoms with Gasteiger partial charge >= 0.3 is 0 Å². The van der Waals surface area contributed by atoms with E-state index < -0.39 is 0 Å². The molecule has 2 heteroatoms. The van der Waals surface area contributed by atoms with Crippen LogP contribution in [0.4, 0.5) is 0 Å². The third-order valence-corrected chi connectivity index (χ3v) is 4.63. The zero-order valence-electron chi connectivity index (χ0n) is 11.0. The first-order chi connectivity index (χ1) is 7.81. The fourth-order valence-corrected chi connectivity index (χ4v) is 3.44. The van der Waals surface area contributed by atoms with Crippen LogP contribution in [0.15, 0.2) is 0 Å². The molecule has 1 heterocycles. The van der Waals surface area contributed by atoms with Crippen molar-refractivity contribution in [3.63, 3.8) is 0 Å². The lowest BCUT2D eigenvalue weighted by Gasteiger charge is -2.36. The van der Waals surface area contributed by atoms with Gasteiger partial charge in [0.1, 0.15) is 0 Å². The third-order valence-electron chi connectivity index (χ3n) is 4.63. The van der Waals surface area contributed by atoms with Crippen LogP contribution in [0.3, 0.4) is 0 Å². The summed E-state index contributed by atoms with van der Waals surface area (Å²) in [6, 6.07) is 1.62. The smallest absolute Gasteiger partial charge is 0.0220 e. The number of nitrogens with zero attached hydrogens (tertiary/aromatic N) is 1. The summed E-state index contributed by atoms with van der Waals surface area (Å²) in [5, 5.41) is 3.82. The van der Waals surface area contributed by atoms with Crippen LogP contribution in [0.25, 0.3) is 0 Å². The zero-order valence-corrected chi connectivity index (χ0v) is 11.0. The molecule has 1 aliphatic heterocycles. The largest absolute Gasteiger partial charge is 0.312 e. The van der Waals surface area contributed by atoms with Gasteiger partial charge in [-0.15, -0.1) is 0 Å². The molecule has 2 aliphatic rings. The number of nitrogens with one attached hydrogen (secondary N) is 1. The molecule has 1 aliphatic carbocycles. The van der Waals surface area contributed by atoms with Gasteiger partial charge in [-0.05, 0) is 44.7 Å². The van der Waals surface area contributed by atoms with E-state index in [2.05, 4.69) is 24.1 Å². The van der Waals surface area contributed by atoms with Gasteiger partial charge in [0.05, 0.1) is 0 Å². The first-order valence-electron chi connectivity index (χ1n) is 7.28. The summed E-state index contributed by atoms with van der Waals surface area (Å²) in [4.78, 5) is 2.66. The van der Waals surface area contributed by atoms with E-state index >= 15 is 0 Å². The van der Waals surface area contributed by atoms with Gasteiger partial charge in [0.15, 0.2) is 0 Å². The van der Waals surface area contributed by atoms with Gasteiger partial charge in [0.2, 0.25) is 0 Å². The Hall–Kier alpha value is -0.0800. The van der Waals surface area contributed by atoms with E-state index in [9.17, 15) is 0 Å². The fraction of sp³-hybridized carbons (Fsp3) is 1.00. The van der Waals surface area contributed by atoms with Crippen LogP contribution in [0.5, 0.6) is 0 Å². The second kappa shape index (κ2) is 6.02. The lowest BCUT2D eigenvalue weighted by Crippen LogP contribution is -2.47. The quantitative estimate of drug-likeness (QED) is 0.790. The Kier molecular flexibility index (Phi) is 4.66. The molecule has 3 atom stereocenters. The molecule has 1 N–H and O–H groups in total. The van der Waals surface area contributed by atoms with Crippen molar-refractivity contribution in [2.24, 2.45) is 5.92 Å². The molecule has 3 unspecified atom stereocenters. The van der Waals surface area contributed by atoms with Crippen molar-refractivity contribution < 1.29 is 0 Å². The van der Waals surface area contributed by atoms with E-state index in [0.717, 1.165) is 18.0 Å². The van der Waals surface area contributed by atoms with Gasteiger partial charge in [-0.2, -0.15) is 0 Å². The molecule has 0 aromatic carbocycles. The van der Waals surface area contributed by atoms with Crippen molar-refractivity contribution in [1.82, 2.24) is 10.2 Å². The van der Waals surface area contributed by atoms with E-state index in [1.54, 1.807) is 0 Å². The number of hydrogen-bond donors (Lipinski definition) is 1. The van der Waals surface area contributed by atoms with Crippen LogP contribution < -0.4 is 5.32 Å². The minimum Gasteiger partial charge on any atom is -0.312 e. The number of hydrogen-bond acceptors (Lipinski definition) is 2. The van der Waals surface area contributed by atoms with Crippen LogP contribution in [0.2, 0.25) is 0 Å². The van der Waals surface area contributed by atoms with Gasteiger partial charge < -0.3 is 5.32 Å². The molecule has 2 rings (SSSR count). The first-order valence-corrected chi connectivity index (χ1v) is 7.28. The Morgan fingerprint density at radius 3 is 2.69 bits per heavy atom. The SMILES string of the molecule is CCN1CCCCC1CNC1CCCC1C. The van der Waals surface area contributed by atoms with Crippen molar-refractivity contribution in [1.29, 1.82) is 0 Å². The van der Waals surface area contributed by atoms with Crippen LogP contribution in [0, 0.1) is 5.92 Å². The van der Waals surface area contributed by atoms with Crippen molar-refractivity contribution in [3.8, 4) is 0 Å². The lowest BCUT2D eigenvalue weighted by atomic mass is 10.0. The molecule has 94 valence electrons. The molecular weight excluding hydrogens is 196 g/mol. The maximum Gasteiger partial charge on any atom is 0.0220 e. The summed E-state index contributed by atoms with van der Waals surface area (Å²) in [6.07, 6.45) is 8.51. The van der Waals surface area contributed by atoms with Gasteiger partial charge in [0.25, 0.3) is 0 Å². The molecule has 0 aromatic heterocycles. The van der Waals surface area contributed by atoms with Gasteiger partial charge in [-0.3, -0.25) is 4.90 Å². The Balaban J connectivity index is 1.75. The van der Waals surface area contributed by atoms with E-state index in [-0.39, 0.29) is 0 Å². The Morgan fingerprint density at radius 1 is 1.12 bits per heavy atom. The van der Waals surface area contributed by atoms with Crippen LogP contribution >= 0.6 is 0 Å². The summed E-state index contributed by atoms with van der Waals surface area (Å²) in [5.74, 6) is 0.902. The summed E-state index contributed by atoms with van der Waals surface area (Å²) in [7, 11) is 0. The summed E-state index contributed by atoms with van der Waals surface area (Å²) in [5.41, 5.74) is 0. The normalized spacial score (nSPS) is 36.8. The van der Waals surface area contributed by atoms with Crippen molar-refractivity contribution in [2.45, 2.75) is 64.5 Å². The number of rotatable bonds is 4. The topological polar surface area (TPSA) is 15.3 Å². The summed E-state index contributed by atoms with van der Waals surface area (Å²) >= 11 is 0. The highest BCUT2D eigenvalue weighted by Crippen LogP contribution is 2.25. The maximum absolute atomic E-state index is 3.82. The molecule has 0 spiro atoms. The Morgan fingerprint density at radius 2 is 2.00 bits per heavy atom. The van der Waals surface area contributed by atoms with Crippen LogP contribution in [-0.2, 0) is 0 Å². The van der Waals surface area contributed by atoms with Crippen LogP contribution in [-0.4, -0.2) is 36.6 Å². The van der Waals surface area contributed by atoms with E-state index in [4.69, 9.17) is 0 Å². The number of likely N-dealkylation sites (N-methyl/N-ethyl adjacent to an activating group) is 1. The van der Waals surface area contributed by atoms with Gasteiger partial charge in [-0.25, -0.2) is 0 Å². The first kappa shape index (κ1) is 12.4. The highest BCUT2D eigenvalue weighted by atomic mass is 15.2.